The van der Waals surface area contributed by atoms with Crippen molar-refractivity contribution in [2.45, 2.75) is 48.8 Å². The number of aromatic nitrogens is 3. The molecule has 2 aromatic heterocycles. The SMILES string of the molecule is [B]C([B])([B])[C@]1(c2nc(C3CC3)c(Nc3ncc(C(F)(F)F)c(NCC)n3)s2)CCNC1=O. The first-order valence-corrected chi connectivity index (χ1v) is 10.9. The van der Waals surface area contributed by atoms with Gasteiger partial charge in [-0.3, -0.25) is 4.79 Å². The zero-order valence-electron chi connectivity index (χ0n) is 17.2. The van der Waals surface area contributed by atoms with E-state index >= 15 is 0 Å². The van der Waals surface area contributed by atoms with E-state index in [2.05, 4.69) is 30.9 Å². The molecule has 1 saturated carbocycles. The van der Waals surface area contributed by atoms with Crippen molar-refractivity contribution in [3.63, 3.8) is 0 Å². The highest BCUT2D eigenvalue weighted by atomic mass is 32.1. The van der Waals surface area contributed by atoms with Gasteiger partial charge < -0.3 is 16.0 Å². The third kappa shape index (κ3) is 3.97. The van der Waals surface area contributed by atoms with Crippen molar-refractivity contribution in [3.8, 4) is 0 Å². The topological polar surface area (TPSA) is 91.8 Å². The molecule has 1 atom stereocenters. The van der Waals surface area contributed by atoms with Crippen LogP contribution in [0, 0.1) is 0 Å². The lowest BCUT2D eigenvalue weighted by molar-refractivity contribution is -0.137. The quantitative estimate of drug-likeness (QED) is 0.555. The van der Waals surface area contributed by atoms with Gasteiger partial charge in [-0.25, -0.2) is 9.97 Å². The molecule has 3 N–H and O–H groups in total. The summed E-state index contributed by atoms with van der Waals surface area (Å²) in [5.74, 6) is -0.621. The lowest BCUT2D eigenvalue weighted by Crippen LogP contribution is -2.47. The second kappa shape index (κ2) is 7.96. The number of amides is 1. The van der Waals surface area contributed by atoms with Gasteiger partial charge in [0.2, 0.25) is 11.9 Å². The summed E-state index contributed by atoms with van der Waals surface area (Å²) in [6, 6.07) is 0. The summed E-state index contributed by atoms with van der Waals surface area (Å²) < 4.78 is 39.8. The molecule has 1 aliphatic carbocycles. The van der Waals surface area contributed by atoms with Crippen molar-refractivity contribution in [1.29, 1.82) is 0 Å². The molecule has 1 amide bonds. The van der Waals surface area contributed by atoms with Crippen molar-refractivity contribution in [1.82, 2.24) is 20.3 Å². The molecule has 0 spiro atoms. The smallest absolute Gasteiger partial charge is 0.370 e. The van der Waals surface area contributed by atoms with E-state index in [-0.39, 0.29) is 30.6 Å². The second-order valence-corrected chi connectivity index (χ2v) is 8.96. The Morgan fingerprint density at radius 2 is 2.00 bits per heavy atom. The third-order valence-corrected chi connectivity index (χ3v) is 6.71. The summed E-state index contributed by atoms with van der Waals surface area (Å²) in [6.07, 6.45) is -1.81. The summed E-state index contributed by atoms with van der Waals surface area (Å²) in [5.41, 5.74) is -1.71. The van der Waals surface area contributed by atoms with Gasteiger partial charge in [0, 0.05) is 25.2 Å². The van der Waals surface area contributed by atoms with E-state index in [0.717, 1.165) is 30.4 Å². The maximum Gasteiger partial charge on any atom is 0.421 e. The Labute approximate surface area is 191 Å². The van der Waals surface area contributed by atoms with Gasteiger partial charge >= 0.3 is 6.18 Å². The van der Waals surface area contributed by atoms with Crippen LogP contribution < -0.4 is 16.0 Å². The number of nitrogens with zero attached hydrogens (tertiary/aromatic N) is 3. The number of nitrogens with one attached hydrogen (secondary N) is 3. The maximum atomic E-state index is 13.3. The van der Waals surface area contributed by atoms with Crippen LogP contribution in [0.25, 0.3) is 0 Å². The van der Waals surface area contributed by atoms with E-state index in [1.807, 2.05) is 0 Å². The van der Waals surface area contributed by atoms with Crippen LogP contribution in [0.15, 0.2) is 6.20 Å². The molecule has 0 bridgehead atoms. The number of rotatable bonds is 7. The van der Waals surface area contributed by atoms with E-state index in [1.54, 1.807) is 6.92 Å². The summed E-state index contributed by atoms with van der Waals surface area (Å²) in [6.45, 7) is 2.27. The molecule has 2 fully saturated rings. The Balaban J connectivity index is 1.73. The maximum absolute atomic E-state index is 13.3. The number of hydrogen-bond acceptors (Lipinski definition) is 7. The summed E-state index contributed by atoms with van der Waals surface area (Å²) in [7, 11) is 18.0. The minimum Gasteiger partial charge on any atom is -0.370 e. The highest BCUT2D eigenvalue weighted by Gasteiger charge is 2.54. The summed E-state index contributed by atoms with van der Waals surface area (Å²) in [5, 5.41) is 7.31. The predicted octanol–water partition coefficient (Wildman–Crippen LogP) is 2.34. The minimum atomic E-state index is -4.60. The average Bonchev–Trinajstić information content (AvgIpc) is 3.32. The van der Waals surface area contributed by atoms with Crippen molar-refractivity contribution in [2.24, 2.45) is 0 Å². The molecule has 6 radical (unpaired) electrons. The second-order valence-electron chi connectivity index (χ2n) is 7.96. The summed E-state index contributed by atoms with van der Waals surface area (Å²) >= 11 is 1.13. The van der Waals surface area contributed by atoms with Crippen LogP contribution in [0.1, 0.15) is 48.4 Å². The molecule has 2 aliphatic rings. The fourth-order valence-electron chi connectivity index (χ4n) is 3.72. The first-order valence-electron chi connectivity index (χ1n) is 10.1. The molecule has 0 aromatic carbocycles. The van der Waals surface area contributed by atoms with Crippen molar-refractivity contribution < 1.29 is 18.0 Å². The van der Waals surface area contributed by atoms with Crippen molar-refractivity contribution >= 4 is 57.6 Å². The first-order chi connectivity index (χ1) is 15.0. The van der Waals surface area contributed by atoms with Gasteiger partial charge in [-0.2, -0.15) is 18.2 Å². The van der Waals surface area contributed by atoms with Crippen LogP contribution in [0.4, 0.5) is 29.9 Å². The van der Waals surface area contributed by atoms with Gasteiger partial charge in [0.1, 0.15) is 21.4 Å². The van der Waals surface area contributed by atoms with Crippen LogP contribution in [0.3, 0.4) is 0 Å². The Bertz CT molecular complexity index is 1040. The van der Waals surface area contributed by atoms with Gasteiger partial charge in [-0.15, -0.1) is 5.11 Å². The van der Waals surface area contributed by atoms with Crippen LogP contribution in [0.2, 0.25) is 5.11 Å². The lowest BCUT2D eigenvalue weighted by atomic mass is 9.32. The van der Waals surface area contributed by atoms with Gasteiger partial charge in [0.15, 0.2) is 0 Å². The number of thiazole rings is 1. The zero-order chi connectivity index (χ0) is 23.3. The number of carbonyl (C=O) groups excluding carboxylic acids is 1. The lowest BCUT2D eigenvalue weighted by Gasteiger charge is -2.39. The van der Waals surface area contributed by atoms with Crippen LogP contribution in [-0.4, -0.2) is 57.5 Å². The molecule has 7 nitrogen and oxygen atoms in total. The molecule has 2 aromatic rings. The van der Waals surface area contributed by atoms with Gasteiger partial charge in [0.05, 0.1) is 34.6 Å². The number of hydrogen-bond donors (Lipinski definition) is 3. The predicted molar refractivity (Wildman–Crippen MR) is 118 cm³/mol. The van der Waals surface area contributed by atoms with Gasteiger partial charge in [-0.05, 0) is 26.2 Å². The van der Waals surface area contributed by atoms with Crippen molar-refractivity contribution in [3.05, 3.63) is 22.5 Å². The van der Waals surface area contributed by atoms with E-state index in [0.29, 0.717) is 22.2 Å². The highest BCUT2D eigenvalue weighted by Crippen LogP contribution is 2.52. The average molecular weight is 456 g/mol. The molecular formula is C18H18B3F3N6OS. The number of anilines is 3. The third-order valence-electron chi connectivity index (χ3n) is 5.56. The van der Waals surface area contributed by atoms with Crippen LogP contribution in [-0.2, 0) is 16.4 Å². The molecular weight excluding hydrogens is 438 g/mol. The standard InChI is InChI=1S/C18H18B3F3N6OS/c1-2-25-11-9(17(22,23)24)7-27-15(29-11)30-12-10(8-3-4-8)28-14(32-12)16(18(19,20)21)5-6-26-13(16)31/h7-8H,2-6H2,1H3,(H,26,31)(H2,25,27,29,30)/t16-/m1/s1. The van der Waals surface area contributed by atoms with Crippen LogP contribution >= 0.6 is 11.3 Å². The fraction of sp³-hybridized carbons (Fsp3) is 0.556. The molecule has 1 aliphatic heterocycles. The Morgan fingerprint density at radius 1 is 1.28 bits per heavy atom. The molecule has 0 unspecified atom stereocenters. The molecule has 14 heteroatoms. The minimum absolute atomic E-state index is 0.0320. The Kier molecular flexibility index (Phi) is 5.71. The number of alkyl halides is 3. The van der Waals surface area contributed by atoms with E-state index < -0.39 is 28.2 Å². The van der Waals surface area contributed by atoms with E-state index in [1.165, 1.54) is 0 Å². The fourth-order valence-corrected chi connectivity index (χ4v) is 5.06. The summed E-state index contributed by atoms with van der Waals surface area (Å²) in [4.78, 5) is 25.2. The zero-order valence-corrected chi connectivity index (χ0v) is 18.0. The highest BCUT2D eigenvalue weighted by molar-refractivity contribution is 7.16. The van der Waals surface area contributed by atoms with E-state index in [4.69, 9.17) is 23.5 Å². The molecule has 162 valence electrons. The molecule has 32 heavy (non-hydrogen) atoms. The largest absolute Gasteiger partial charge is 0.421 e. The van der Waals surface area contributed by atoms with Crippen molar-refractivity contribution in [2.75, 3.05) is 23.7 Å². The Hall–Kier alpha value is -2.24. The molecule has 1 saturated heterocycles. The first kappa shape index (κ1) is 22.9. The molecule has 3 heterocycles. The van der Waals surface area contributed by atoms with Gasteiger partial charge in [-0.1, -0.05) is 11.3 Å². The Morgan fingerprint density at radius 3 is 2.53 bits per heavy atom. The number of halogens is 3. The number of carbonyl (C=O) groups is 1. The van der Waals surface area contributed by atoms with E-state index in [9.17, 15) is 18.0 Å². The van der Waals surface area contributed by atoms with Gasteiger partial charge in [0.25, 0.3) is 0 Å². The normalized spacial score (nSPS) is 21.4. The monoisotopic (exact) mass is 456 g/mol. The van der Waals surface area contributed by atoms with Crippen LogP contribution in [0.5, 0.6) is 0 Å². The molecule has 4 rings (SSSR count).